The Morgan fingerprint density at radius 2 is 1.78 bits per heavy atom. The van der Waals surface area contributed by atoms with E-state index in [4.69, 9.17) is 5.73 Å². The molecule has 1 amide bonds. The molecule has 0 spiro atoms. The molecule has 0 aliphatic rings. The molecule has 18 heavy (non-hydrogen) atoms. The molecule has 2 rings (SSSR count). The number of amides is 1. The molecule has 0 fully saturated rings. The third-order valence-electron chi connectivity index (χ3n) is 2.36. The highest BCUT2D eigenvalue weighted by molar-refractivity contribution is 9.10. The molecule has 2 aromatic rings. The summed E-state index contributed by atoms with van der Waals surface area (Å²) in [6, 6.07) is 14.8. The summed E-state index contributed by atoms with van der Waals surface area (Å²) in [5.74, 6) is 5.50. The Labute approximate surface area is 114 Å². The van der Waals surface area contributed by atoms with Crippen LogP contribution >= 0.6 is 15.9 Å². The van der Waals surface area contributed by atoms with Crippen molar-refractivity contribution in [1.82, 2.24) is 0 Å². The van der Waals surface area contributed by atoms with Crippen LogP contribution in [0.4, 0.5) is 0 Å². The highest BCUT2D eigenvalue weighted by Gasteiger charge is 2.06. The van der Waals surface area contributed by atoms with Gasteiger partial charge >= 0.3 is 0 Å². The Morgan fingerprint density at radius 1 is 1.06 bits per heavy atom. The van der Waals surface area contributed by atoms with E-state index in [0.29, 0.717) is 11.1 Å². The van der Waals surface area contributed by atoms with Crippen molar-refractivity contribution in [3.05, 3.63) is 69.7 Å². The van der Waals surface area contributed by atoms with Gasteiger partial charge in [-0.2, -0.15) is 0 Å². The fourth-order valence-corrected chi connectivity index (χ4v) is 1.86. The van der Waals surface area contributed by atoms with Gasteiger partial charge in [0.15, 0.2) is 0 Å². The second kappa shape index (κ2) is 5.52. The minimum Gasteiger partial charge on any atom is -0.366 e. The average Bonchev–Trinajstić information content (AvgIpc) is 2.37. The Kier molecular flexibility index (Phi) is 3.81. The average molecular weight is 300 g/mol. The van der Waals surface area contributed by atoms with E-state index in [0.717, 1.165) is 10.0 Å². The lowest BCUT2D eigenvalue weighted by molar-refractivity contribution is 0.1000. The SMILES string of the molecule is NC(=O)c1ccc(Br)cc1C#Cc1ccccc1. The van der Waals surface area contributed by atoms with Gasteiger partial charge in [0, 0.05) is 15.6 Å². The second-order valence-electron chi connectivity index (χ2n) is 3.67. The van der Waals surface area contributed by atoms with E-state index in [1.165, 1.54) is 0 Å². The van der Waals surface area contributed by atoms with Gasteiger partial charge < -0.3 is 5.73 Å². The molecule has 3 heteroatoms. The van der Waals surface area contributed by atoms with Gasteiger partial charge in [-0.3, -0.25) is 4.79 Å². The van der Waals surface area contributed by atoms with Crippen LogP contribution in [-0.4, -0.2) is 5.91 Å². The lowest BCUT2D eigenvalue weighted by Gasteiger charge is -2.00. The summed E-state index contributed by atoms with van der Waals surface area (Å²) in [6.07, 6.45) is 0. The quantitative estimate of drug-likeness (QED) is 0.808. The van der Waals surface area contributed by atoms with Crippen molar-refractivity contribution in [2.24, 2.45) is 5.73 Å². The normalized spacial score (nSPS) is 9.39. The Hall–Kier alpha value is -2.05. The molecular formula is C15H10BrNO. The number of halogens is 1. The van der Waals surface area contributed by atoms with Crippen LogP contribution in [0.1, 0.15) is 21.5 Å². The monoisotopic (exact) mass is 299 g/mol. The fourth-order valence-electron chi connectivity index (χ4n) is 1.50. The maximum absolute atomic E-state index is 11.3. The van der Waals surface area contributed by atoms with Gasteiger partial charge in [0.1, 0.15) is 0 Å². The summed E-state index contributed by atoms with van der Waals surface area (Å²) < 4.78 is 0.866. The first-order valence-corrected chi connectivity index (χ1v) is 6.12. The van der Waals surface area contributed by atoms with E-state index in [9.17, 15) is 4.79 Å². The smallest absolute Gasteiger partial charge is 0.249 e. The van der Waals surface area contributed by atoms with Crippen molar-refractivity contribution in [3.63, 3.8) is 0 Å². The molecule has 0 aromatic heterocycles. The van der Waals surface area contributed by atoms with E-state index in [-0.39, 0.29) is 0 Å². The molecule has 0 saturated heterocycles. The molecule has 2 aromatic carbocycles. The topological polar surface area (TPSA) is 43.1 Å². The molecule has 88 valence electrons. The number of nitrogens with two attached hydrogens (primary N) is 1. The molecule has 0 heterocycles. The Bertz CT molecular complexity index is 639. The first kappa shape index (κ1) is 12.4. The second-order valence-corrected chi connectivity index (χ2v) is 4.59. The molecule has 0 aliphatic carbocycles. The molecule has 0 atom stereocenters. The Balaban J connectivity index is 2.43. The molecule has 0 aliphatic heterocycles. The summed E-state index contributed by atoms with van der Waals surface area (Å²) in [5, 5.41) is 0. The highest BCUT2D eigenvalue weighted by Crippen LogP contribution is 2.15. The first-order chi connectivity index (χ1) is 8.66. The molecule has 2 N–H and O–H groups in total. The molecular weight excluding hydrogens is 290 g/mol. The fraction of sp³-hybridized carbons (Fsp3) is 0. The minimum atomic E-state index is -0.472. The zero-order chi connectivity index (χ0) is 13.0. The number of primary amides is 1. The van der Waals surface area contributed by atoms with Crippen LogP contribution in [0.3, 0.4) is 0 Å². The predicted molar refractivity (Wildman–Crippen MR) is 75.1 cm³/mol. The van der Waals surface area contributed by atoms with Gasteiger partial charge in [0.25, 0.3) is 0 Å². The van der Waals surface area contributed by atoms with Crippen LogP contribution in [0, 0.1) is 11.8 Å². The highest BCUT2D eigenvalue weighted by atomic mass is 79.9. The third kappa shape index (κ3) is 2.99. The number of hydrogen-bond donors (Lipinski definition) is 1. The van der Waals surface area contributed by atoms with Crippen molar-refractivity contribution in [2.75, 3.05) is 0 Å². The molecule has 2 nitrogen and oxygen atoms in total. The standard InChI is InChI=1S/C15H10BrNO/c16-13-8-9-14(15(17)18)12(10-13)7-6-11-4-2-1-3-5-11/h1-5,8-10H,(H2,17,18). The number of carbonyl (C=O) groups is 1. The summed E-state index contributed by atoms with van der Waals surface area (Å²) in [5.41, 5.74) is 7.27. The zero-order valence-corrected chi connectivity index (χ0v) is 11.1. The molecule has 0 radical (unpaired) electrons. The van der Waals surface area contributed by atoms with Gasteiger partial charge in [-0.15, -0.1) is 0 Å². The van der Waals surface area contributed by atoms with Crippen molar-refractivity contribution >= 4 is 21.8 Å². The van der Waals surface area contributed by atoms with Crippen LogP contribution in [-0.2, 0) is 0 Å². The van der Waals surface area contributed by atoms with Gasteiger partial charge in [-0.05, 0) is 30.3 Å². The van der Waals surface area contributed by atoms with Gasteiger partial charge in [0.05, 0.1) is 5.56 Å². The number of rotatable bonds is 1. The van der Waals surface area contributed by atoms with Gasteiger partial charge in [0.2, 0.25) is 5.91 Å². The summed E-state index contributed by atoms with van der Waals surface area (Å²) in [4.78, 5) is 11.3. The van der Waals surface area contributed by atoms with Gasteiger partial charge in [-0.1, -0.05) is 46.0 Å². The third-order valence-corrected chi connectivity index (χ3v) is 2.86. The van der Waals surface area contributed by atoms with Crippen molar-refractivity contribution in [3.8, 4) is 11.8 Å². The maximum atomic E-state index is 11.3. The lowest BCUT2D eigenvalue weighted by atomic mass is 10.1. The van der Waals surface area contributed by atoms with Crippen molar-refractivity contribution < 1.29 is 4.79 Å². The minimum absolute atomic E-state index is 0.432. The van der Waals surface area contributed by atoms with Crippen molar-refractivity contribution in [1.29, 1.82) is 0 Å². The van der Waals surface area contributed by atoms with E-state index in [1.54, 1.807) is 18.2 Å². The number of hydrogen-bond acceptors (Lipinski definition) is 1. The van der Waals surface area contributed by atoms with Crippen LogP contribution in [0.5, 0.6) is 0 Å². The van der Waals surface area contributed by atoms with E-state index in [1.807, 2.05) is 30.3 Å². The van der Waals surface area contributed by atoms with E-state index >= 15 is 0 Å². The van der Waals surface area contributed by atoms with Crippen LogP contribution in [0.25, 0.3) is 0 Å². The summed E-state index contributed by atoms with van der Waals surface area (Å²) >= 11 is 3.35. The largest absolute Gasteiger partial charge is 0.366 e. The van der Waals surface area contributed by atoms with E-state index < -0.39 is 5.91 Å². The molecule has 0 saturated carbocycles. The predicted octanol–water partition coefficient (Wildman–Crippen LogP) is 2.95. The van der Waals surface area contributed by atoms with Gasteiger partial charge in [-0.25, -0.2) is 0 Å². The molecule has 0 bridgehead atoms. The van der Waals surface area contributed by atoms with Crippen LogP contribution in [0.15, 0.2) is 53.0 Å². The van der Waals surface area contributed by atoms with Crippen LogP contribution in [0.2, 0.25) is 0 Å². The maximum Gasteiger partial charge on any atom is 0.249 e. The Morgan fingerprint density at radius 3 is 2.44 bits per heavy atom. The number of carbonyl (C=O) groups excluding carboxylic acids is 1. The van der Waals surface area contributed by atoms with Crippen LogP contribution < -0.4 is 5.73 Å². The number of benzene rings is 2. The van der Waals surface area contributed by atoms with Crippen molar-refractivity contribution in [2.45, 2.75) is 0 Å². The summed E-state index contributed by atoms with van der Waals surface area (Å²) in [7, 11) is 0. The molecule has 0 unspecified atom stereocenters. The lowest BCUT2D eigenvalue weighted by Crippen LogP contribution is -2.12. The zero-order valence-electron chi connectivity index (χ0n) is 9.48. The summed E-state index contributed by atoms with van der Waals surface area (Å²) in [6.45, 7) is 0. The first-order valence-electron chi connectivity index (χ1n) is 5.33. The van der Waals surface area contributed by atoms with E-state index in [2.05, 4.69) is 27.8 Å².